The second kappa shape index (κ2) is 5.11. The molecule has 0 amide bonds. The molecule has 0 aliphatic heterocycles. The van der Waals surface area contributed by atoms with Gasteiger partial charge in [0.05, 0.1) is 19.2 Å². The number of H-pyrrole nitrogens is 1. The smallest absolute Gasteiger partial charge is 0.264 e. The summed E-state index contributed by atoms with van der Waals surface area (Å²) in [7, 11) is -3.28. The van der Waals surface area contributed by atoms with Crippen LogP contribution in [0.1, 0.15) is 18.5 Å². The second-order valence-electron chi connectivity index (χ2n) is 3.06. The van der Waals surface area contributed by atoms with Crippen molar-refractivity contribution < 1.29 is 12.6 Å². The average molecular weight is 218 g/mol. The molecular weight excluding hydrogens is 204 g/mol. The highest BCUT2D eigenvalue weighted by Crippen LogP contribution is 2.01. The molecule has 0 fully saturated rings. The molecule has 1 rings (SSSR count). The van der Waals surface area contributed by atoms with Crippen LogP contribution < -0.4 is 0 Å². The summed E-state index contributed by atoms with van der Waals surface area (Å²) in [4.78, 5) is 6.85. The number of imidazole rings is 1. The maximum atomic E-state index is 10.6. The molecule has 0 aromatic carbocycles. The maximum absolute atomic E-state index is 10.6. The van der Waals surface area contributed by atoms with Crippen LogP contribution in [0.15, 0.2) is 12.5 Å². The van der Waals surface area contributed by atoms with E-state index in [2.05, 4.69) is 14.2 Å². The monoisotopic (exact) mass is 218 g/mol. The fourth-order valence-electron chi connectivity index (χ4n) is 1.05. The van der Waals surface area contributed by atoms with Gasteiger partial charge in [-0.25, -0.2) is 4.98 Å². The predicted octanol–water partition coefficient (Wildman–Crippen LogP) is 0.709. The van der Waals surface area contributed by atoms with Crippen molar-refractivity contribution in [1.82, 2.24) is 9.97 Å². The first-order valence-electron chi connectivity index (χ1n) is 4.39. The van der Waals surface area contributed by atoms with Gasteiger partial charge in [-0.15, -0.1) is 0 Å². The Hall–Kier alpha value is -0.880. The van der Waals surface area contributed by atoms with Gasteiger partial charge < -0.3 is 4.98 Å². The summed E-state index contributed by atoms with van der Waals surface area (Å²) < 4.78 is 25.8. The minimum atomic E-state index is -3.28. The van der Waals surface area contributed by atoms with Gasteiger partial charge in [0.15, 0.2) is 0 Å². The molecule has 0 radical (unpaired) electrons. The highest BCUT2D eigenvalue weighted by molar-refractivity contribution is 7.85. The van der Waals surface area contributed by atoms with Crippen LogP contribution >= 0.6 is 0 Å². The molecule has 6 heteroatoms. The van der Waals surface area contributed by atoms with Gasteiger partial charge in [-0.3, -0.25) is 4.18 Å². The molecular formula is C8H14N2O3S. The summed E-state index contributed by atoms with van der Waals surface area (Å²) in [6, 6.07) is 0. The van der Waals surface area contributed by atoms with Gasteiger partial charge in [0.1, 0.15) is 0 Å². The first-order valence-corrected chi connectivity index (χ1v) is 6.21. The van der Waals surface area contributed by atoms with Crippen LogP contribution in [0.5, 0.6) is 0 Å². The van der Waals surface area contributed by atoms with Crippen molar-refractivity contribution in [3.8, 4) is 0 Å². The first kappa shape index (κ1) is 11.2. The standard InChI is InChI=1S/C8H14N2O3S/c1-14(11,12)13-5-3-2-4-8-6-9-7-10-8/h6-7H,2-5H2,1H3,(H,9,10). The third-order valence-corrected chi connectivity index (χ3v) is 2.29. The lowest BCUT2D eigenvalue weighted by Crippen LogP contribution is -2.04. The lowest BCUT2D eigenvalue weighted by Gasteiger charge is -2.00. The van der Waals surface area contributed by atoms with Crippen molar-refractivity contribution in [3.63, 3.8) is 0 Å². The van der Waals surface area contributed by atoms with Crippen molar-refractivity contribution in [2.24, 2.45) is 0 Å². The third kappa shape index (κ3) is 4.98. The number of nitrogens with zero attached hydrogens (tertiary/aromatic N) is 1. The molecule has 5 nitrogen and oxygen atoms in total. The van der Waals surface area contributed by atoms with Gasteiger partial charge in [-0.2, -0.15) is 8.42 Å². The molecule has 0 saturated heterocycles. The highest BCUT2D eigenvalue weighted by Gasteiger charge is 2.00. The molecule has 14 heavy (non-hydrogen) atoms. The number of aryl methyl sites for hydroxylation is 1. The first-order chi connectivity index (χ1) is 6.58. The van der Waals surface area contributed by atoms with Crippen LogP contribution in [0.2, 0.25) is 0 Å². The number of aromatic amines is 1. The number of unbranched alkanes of at least 4 members (excludes halogenated alkanes) is 1. The Morgan fingerprint density at radius 3 is 2.86 bits per heavy atom. The van der Waals surface area contributed by atoms with Gasteiger partial charge >= 0.3 is 0 Å². The van der Waals surface area contributed by atoms with Crippen LogP contribution in [0.25, 0.3) is 0 Å². The summed E-state index contributed by atoms with van der Waals surface area (Å²) >= 11 is 0. The van der Waals surface area contributed by atoms with Crippen molar-refractivity contribution in [2.45, 2.75) is 19.3 Å². The van der Waals surface area contributed by atoms with E-state index in [1.165, 1.54) is 0 Å². The maximum Gasteiger partial charge on any atom is 0.264 e. The van der Waals surface area contributed by atoms with Gasteiger partial charge in [-0.05, 0) is 19.3 Å². The summed E-state index contributed by atoms with van der Waals surface area (Å²) in [5, 5.41) is 0. The number of rotatable bonds is 6. The molecule has 1 aromatic rings. The van der Waals surface area contributed by atoms with E-state index in [0.717, 1.165) is 31.2 Å². The van der Waals surface area contributed by atoms with Crippen LogP contribution in [0.4, 0.5) is 0 Å². The summed E-state index contributed by atoms with van der Waals surface area (Å²) in [6.07, 6.45) is 6.93. The Morgan fingerprint density at radius 1 is 1.50 bits per heavy atom. The molecule has 0 unspecified atom stereocenters. The second-order valence-corrected chi connectivity index (χ2v) is 4.70. The molecule has 1 heterocycles. The van der Waals surface area contributed by atoms with E-state index in [4.69, 9.17) is 0 Å². The van der Waals surface area contributed by atoms with Crippen LogP contribution in [-0.2, 0) is 20.7 Å². The zero-order valence-corrected chi connectivity index (χ0v) is 8.88. The molecule has 0 aliphatic carbocycles. The molecule has 80 valence electrons. The number of hydrogen-bond acceptors (Lipinski definition) is 4. The zero-order valence-electron chi connectivity index (χ0n) is 8.06. The molecule has 0 saturated carbocycles. The van der Waals surface area contributed by atoms with Crippen molar-refractivity contribution in [2.75, 3.05) is 12.9 Å². The van der Waals surface area contributed by atoms with Crippen LogP contribution in [0.3, 0.4) is 0 Å². The molecule has 0 atom stereocenters. The normalized spacial score (nSPS) is 11.8. The van der Waals surface area contributed by atoms with Crippen LogP contribution in [0, 0.1) is 0 Å². The highest BCUT2D eigenvalue weighted by atomic mass is 32.2. The summed E-state index contributed by atoms with van der Waals surface area (Å²) in [5.74, 6) is 0. The Morgan fingerprint density at radius 2 is 2.29 bits per heavy atom. The van der Waals surface area contributed by atoms with E-state index in [1.54, 1.807) is 12.5 Å². The molecule has 0 aliphatic rings. The SMILES string of the molecule is CS(=O)(=O)OCCCCc1cnc[nH]1. The Balaban J connectivity index is 2.06. The largest absolute Gasteiger partial charge is 0.348 e. The van der Waals surface area contributed by atoms with E-state index in [9.17, 15) is 8.42 Å². The molecule has 0 bridgehead atoms. The molecule has 1 N–H and O–H groups in total. The van der Waals surface area contributed by atoms with Crippen LogP contribution in [-0.4, -0.2) is 31.2 Å². The number of aromatic nitrogens is 2. The summed E-state index contributed by atoms with van der Waals surface area (Å²) in [6.45, 7) is 0.257. The zero-order chi connectivity index (χ0) is 10.4. The predicted molar refractivity (Wildman–Crippen MR) is 52.3 cm³/mol. The van der Waals surface area contributed by atoms with E-state index in [-0.39, 0.29) is 6.61 Å². The van der Waals surface area contributed by atoms with E-state index < -0.39 is 10.1 Å². The fraction of sp³-hybridized carbons (Fsp3) is 0.625. The van der Waals surface area contributed by atoms with Gasteiger partial charge in [0.2, 0.25) is 0 Å². The number of nitrogens with one attached hydrogen (secondary N) is 1. The molecule has 1 aromatic heterocycles. The Bertz CT molecular complexity index is 345. The topological polar surface area (TPSA) is 72.1 Å². The minimum Gasteiger partial charge on any atom is -0.348 e. The lowest BCUT2D eigenvalue weighted by atomic mass is 10.2. The Labute approximate surface area is 83.6 Å². The van der Waals surface area contributed by atoms with Crippen molar-refractivity contribution in [1.29, 1.82) is 0 Å². The lowest BCUT2D eigenvalue weighted by molar-refractivity contribution is 0.312. The molecule has 0 spiro atoms. The Kier molecular flexibility index (Phi) is 4.09. The fourth-order valence-corrected chi connectivity index (χ4v) is 1.47. The van der Waals surface area contributed by atoms with E-state index >= 15 is 0 Å². The van der Waals surface area contributed by atoms with Gasteiger partial charge in [0.25, 0.3) is 10.1 Å². The quantitative estimate of drug-likeness (QED) is 0.563. The van der Waals surface area contributed by atoms with Crippen molar-refractivity contribution in [3.05, 3.63) is 18.2 Å². The van der Waals surface area contributed by atoms with Crippen molar-refractivity contribution >= 4 is 10.1 Å². The van der Waals surface area contributed by atoms with E-state index in [1.807, 2.05) is 0 Å². The third-order valence-electron chi connectivity index (χ3n) is 1.69. The summed E-state index contributed by atoms with van der Waals surface area (Å²) in [5.41, 5.74) is 1.06. The van der Waals surface area contributed by atoms with Gasteiger partial charge in [0, 0.05) is 11.9 Å². The van der Waals surface area contributed by atoms with E-state index in [0.29, 0.717) is 0 Å². The number of hydrogen-bond donors (Lipinski definition) is 1. The minimum absolute atomic E-state index is 0.257. The average Bonchev–Trinajstić information content (AvgIpc) is 2.54. The van der Waals surface area contributed by atoms with Gasteiger partial charge in [-0.1, -0.05) is 0 Å².